The van der Waals surface area contributed by atoms with Gasteiger partial charge in [-0.1, -0.05) is 0 Å². The zero-order valence-electron chi connectivity index (χ0n) is 11.6. The number of esters is 1. The SMILES string of the molecule is CCN1CC(C(=O)OCCO)C(=O)c2cc(F)c(N)cc21. The fourth-order valence-corrected chi connectivity index (χ4v) is 2.35. The normalized spacial score (nSPS) is 17.6. The maximum Gasteiger partial charge on any atom is 0.318 e. The second-order valence-corrected chi connectivity index (χ2v) is 4.74. The number of rotatable bonds is 4. The summed E-state index contributed by atoms with van der Waals surface area (Å²) in [6.07, 6.45) is 0. The van der Waals surface area contributed by atoms with Gasteiger partial charge < -0.3 is 20.5 Å². The minimum atomic E-state index is -1.02. The maximum atomic E-state index is 13.6. The summed E-state index contributed by atoms with van der Waals surface area (Å²) in [6, 6.07) is 2.46. The summed E-state index contributed by atoms with van der Waals surface area (Å²) < 4.78 is 18.4. The maximum absolute atomic E-state index is 13.6. The lowest BCUT2D eigenvalue weighted by Gasteiger charge is -2.33. The van der Waals surface area contributed by atoms with Crippen LogP contribution < -0.4 is 10.6 Å². The molecule has 1 aromatic rings. The molecular formula is C14H17FN2O4. The Balaban J connectivity index is 2.37. The molecule has 0 spiro atoms. The van der Waals surface area contributed by atoms with Crippen molar-refractivity contribution >= 4 is 23.1 Å². The van der Waals surface area contributed by atoms with Crippen molar-refractivity contribution in [1.82, 2.24) is 0 Å². The van der Waals surface area contributed by atoms with Crippen LogP contribution in [-0.2, 0) is 9.53 Å². The first-order valence-corrected chi connectivity index (χ1v) is 6.65. The number of carbonyl (C=O) groups excluding carboxylic acids is 2. The smallest absolute Gasteiger partial charge is 0.318 e. The van der Waals surface area contributed by atoms with E-state index < -0.39 is 23.5 Å². The monoisotopic (exact) mass is 296 g/mol. The Morgan fingerprint density at radius 2 is 2.29 bits per heavy atom. The Bertz CT molecular complexity index is 576. The number of benzene rings is 1. The van der Waals surface area contributed by atoms with E-state index in [-0.39, 0.29) is 31.0 Å². The molecule has 0 saturated carbocycles. The van der Waals surface area contributed by atoms with E-state index in [1.807, 2.05) is 6.92 Å². The van der Waals surface area contributed by atoms with Crippen LogP contribution in [0.25, 0.3) is 0 Å². The van der Waals surface area contributed by atoms with Gasteiger partial charge in [-0.15, -0.1) is 0 Å². The molecule has 21 heavy (non-hydrogen) atoms. The number of ketones is 1. The third-order valence-corrected chi connectivity index (χ3v) is 3.44. The van der Waals surface area contributed by atoms with Crippen molar-refractivity contribution in [3.8, 4) is 0 Å². The van der Waals surface area contributed by atoms with Crippen molar-refractivity contribution in [1.29, 1.82) is 0 Å². The van der Waals surface area contributed by atoms with Gasteiger partial charge in [0, 0.05) is 24.3 Å². The third kappa shape index (κ3) is 2.82. The zero-order valence-corrected chi connectivity index (χ0v) is 11.6. The Labute approximate surface area is 121 Å². The number of nitrogens with zero attached hydrogens (tertiary/aromatic N) is 1. The molecule has 0 fully saturated rings. The van der Waals surface area contributed by atoms with Crippen molar-refractivity contribution in [2.45, 2.75) is 6.92 Å². The lowest BCUT2D eigenvalue weighted by atomic mass is 9.90. The lowest BCUT2D eigenvalue weighted by Crippen LogP contribution is -2.43. The van der Waals surface area contributed by atoms with Crippen LogP contribution in [0.15, 0.2) is 12.1 Å². The average Bonchev–Trinajstić information content (AvgIpc) is 2.47. The minimum absolute atomic E-state index is 0.0405. The van der Waals surface area contributed by atoms with Gasteiger partial charge in [-0.05, 0) is 19.1 Å². The van der Waals surface area contributed by atoms with Gasteiger partial charge in [-0.25, -0.2) is 4.39 Å². The Morgan fingerprint density at radius 1 is 1.57 bits per heavy atom. The number of hydrogen-bond donors (Lipinski definition) is 2. The molecule has 0 radical (unpaired) electrons. The predicted molar refractivity (Wildman–Crippen MR) is 74.6 cm³/mol. The summed E-state index contributed by atoms with van der Waals surface area (Å²) in [4.78, 5) is 26.0. The van der Waals surface area contributed by atoms with Gasteiger partial charge in [0.25, 0.3) is 0 Å². The standard InChI is InChI=1S/C14H17FN2O4/c1-2-17-7-9(14(20)21-4-3-18)13(19)8-5-10(15)11(16)6-12(8)17/h5-6,9,18H,2-4,7,16H2,1H3. The summed E-state index contributed by atoms with van der Waals surface area (Å²) in [5, 5.41) is 8.67. The summed E-state index contributed by atoms with van der Waals surface area (Å²) in [6.45, 7) is 2.06. The average molecular weight is 296 g/mol. The summed E-state index contributed by atoms with van der Waals surface area (Å²) in [7, 11) is 0. The zero-order chi connectivity index (χ0) is 15.6. The molecule has 1 aliphatic rings. The quantitative estimate of drug-likeness (QED) is 0.480. The number of anilines is 2. The molecule has 1 aliphatic heterocycles. The van der Waals surface area contributed by atoms with Crippen LogP contribution in [0.4, 0.5) is 15.8 Å². The van der Waals surface area contributed by atoms with Crippen LogP contribution in [0, 0.1) is 11.7 Å². The molecule has 2 rings (SSSR count). The third-order valence-electron chi connectivity index (χ3n) is 3.44. The van der Waals surface area contributed by atoms with Gasteiger partial charge in [-0.2, -0.15) is 0 Å². The Kier molecular flexibility index (Phi) is 4.42. The Morgan fingerprint density at radius 3 is 2.90 bits per heavy atom. The van der Waals surface area contributed by atoms with Crippen molar-refractivity contribution in [3.05, 3.63) is 23.5 Å². The molecule has 1 heterocycles. The van der Waals surface area contributed by atoms with E-state index in [9.17, 15) is 14.0 Å². The number of nitrogens with two attached hydrogens (primary N) is 1. The minimum Gasteiger partial charge on any atom is -0.463 e. The van der Waals surface area contributed by atoms with E-state index in [0.717, 1.165) is 6.07 Å². The molecule has 7 heteroatoms. The van der Waals surface area contributed by atoms with Crippen LogP contribution in [0.3, 0.4) is 0 Å². The van der Waals surface area contributed by atoms with E-state index in [4.69, 9.17) is 15.6 Å². The first-order valence-electron chi connectivity index (χ1n) is 6.65. The van der Waals surface area contributed by atoms with Gasteiger partial charge in [0.2, 0.25) is 0 Å². The van der Waals surface area contributed by atoms with E-state index in [1.165, 1.54) is 6.07 Å². The molecule has 6 nitrogen and oxygen atoms in total. The molecular weight excluding hydrogens is 279 g/mol. The number of fused-ring (bicyclic) bond motifs is 1. The van der Waals surface area contributed by atoms with E-state index in [0.29, 0.717) is 12.2 Å². The van der Waals surface area contributed by atoms with Gasteiger partial charge in [0.1, 0.15) is 18.3 Å². The predicted octanol–water partition coefficient (Wildman–Crippen LogP) is 0.582. The van der Waals surface area contributed by atoms with Gasteiger partial charge in [0.05, 0.1) is 12.3 Å². The van der Waals surface area contributed by atoms with Crippen molar-refractivity contribution < 1.29 is 23.8 Å². The largest absolute Gasteiger partial charge is 0.463 e. The number of aliphatic hydroxyl groups excluding tert-OH is 1. The van der Waals surface area contributed by atoms with E-state index in [1.54, 1.807) is 4.90 Å². The van der Waals surface area contributed by atoms with Crippen LogP contribution in [0.5, 0.6) is 0 Å². The van der Waals surface area contributed by atoms with E-state index in [2.05, 4.69) is 0 Å². The summed E-state index contributed by atoms with van der Waals surface area (Å²) >= 11 is 0. The molecule has 0 aromatic heterocycles. The number of aliphatic hydroxyl groups is 1. The van der Waals surface area contributed by atoms with Crippen molar-refractivity contribution in [2.75, 3.05) is 36.9 Å². The molecule has 3 N–H and O–H groups in total. The number of carbonyl (C=O) groups is 2. The lowest BCUT2D eigenvalue weighted by molar-refractivity contribution is -0.147. The Hall–Kier alpha value is -2.15. The fraction of sp³-hybridized carbons (Fsp3) is 0.429. The molecule has 1 atom stereocenters. The second kappa shape index (κ2) is 6.09. The fourth-order valence-electron chi connectivity index (χ4n) is 2.35. The first kappa shape index (κ1) is 15.2. The highest BCUT2D eigenvalue weighted by atomic mass is 19.1. The molecule has 0 aliphatic carbocycles. The molecule has 114 valence electrons. The van der Waals surface area contributed by atoms with Crippen LogP contribution >= 0.6 is 0 Å². The number of nitrogen functional groups attached to an aromatic ring is 1. The second-order valence-electron chi connectivity index (χ2n) is 4.74. The number of hydrogen-bond acceptors (Lipinski definition) is 6. The van der Waals surface area contributed by atoms with Gasteiger partial charge >= 0.3 is 5.97 Å². The molecule has 1 unspecified atom stereocenters. The van der Waals surface area contributed by atoms with Crippen LogP contribution in [0.2, 0.25) is 0 Å². The first-order chi connectivity index (χ1) is 9.99. The number of halogens is 1. The topological polar surface area (TPSA) is 92.9 Å². The highest BCUT2D eigenvalue weighted by Crippen LogP contribution is 2.33. The molecule has 0 amide bonds. The highest BCUT2D eigenvalue weighted by Gasteiger charge is 2.37. The summed E-state index contributed by atoms with van der Waals surface area (Å²) in [5.41, 5.74) is 6.14. The molecule has 0 saturated heterocycles. The van der Waals surface area contributed by atoms with E-state index >= 15 is 0 Å². The van der Waals surface area contributed by atoms with Gasteiger partial charge in [0.15, 0.2) is 5.78 Å². The number of Topliss-reactive ketones (excluding diaryl/α,β-unsaturated/α-hetero) is 1. The number of ether oxygens (including phenoxy) is 1. The van der Waals surface area contributed by atoms with Crippen molar-refractivity contribution in [2.24, 2.45) is 5.92 Å². The van der Waals surface area contributed by atoms with Crippen LogP contribution in [-0.4, -0.2) is 43.2 Å². The van der Waals surface area contributed by atoms with Gasteiger partial charge in [-0.3, -0.25) is 9.59 Å². The highest BCUT2D eigenvalue weighted by molar-refractivity contribution is 6.13. The molecule has 0 bridgehead atoms. The summed E-state index contributed by atoms with van der Waals surface area (Å²) in [5.74, 6) is -2.92. The van der Waals surface area contributed by atoms with Crippen molar-refractivity contribution in [3.63, 3.8) is 0 Å². The molecule has 1 aromatic carbocycles. The van der Waals surface area contributed by atoms with Crippen LogP contribution in [0.1, 0.15) is 17.3 Å².